The molecule has 0 aliphatic heterocycles. The van der Waals surface area contributed by atoms with Crippen molar-refractivity contribution in [3.8, 4) is 5.75 Å². The number of non-ortho nitro benzene ring substituents is 1. The number of nitro benzene ring substituents is 1. The van der Waals surface area contributed by atoms with Gasteiger partial charge in [0.05, 0.1) is 24.1 Å². The standard InChI is InChI=1S/C17H19N3O7S/c1-10-9-28-17(23)19(10)7-6-15(21)27-11(2)16(22)18-13-8-12(20(24)25)4-5-14(13)26-3/h4-5,8-9,11H,6-7H2,1-3H3,(H,18,22). The summed E-state index contributed by atoms with van der Waals surface area (Å²) < 4.78 is 11.6. The zero-order chi connectivity index (χ0) is 20.8. The Morgan fingerprint density at radius 1 is 1.39 bits per heavy atom. The monoisotopic (exact) mass is 409 g/mol. The minimum atomic E-state index is -1.14. The summed E-state index contributed by atoms with van der Waals surface area (Å²) >= 11 is 1.04. The molecule has 28 heavy (non-hydrogen) atoms. The summed E-state index contributed by atoms with van der Waals surface area (Å²) in [4.78, 5) is 46.0. The van der Waals surface area contributed by atoms with E-state index in [1.54, 1.807) is 12.3 Å². The minimum Gasteiger partial charge on any atom is -0.495 e. The van der Waals surface area contributed by atoms with Crippen LogP contribution in [0, 0.1) is 17.0 Å². The number of hydrogen-bond acceptors (Lipinski definition) is 8. The van der Waals surface area contributed by atoms with E-state index in [1.807, 2.05) is 0 Å². The van der Waals surface area contributed by atoms with Gasteiger partial charge in [-0.05, 0) is 19.9 Å². The fourth-order valence-electron chi connectivity index (χ4n) is 2.33. The average Bonchev–Trinajstić information content (AvgIpc) is 2.97. The van der Waals surface area contributed by atoms with Crippen LogP contribution in [0.1, 0.15) is 19.0 Å². The molecule has 2 aromatic rings. The van der Waals surface area contributed by atoms with Crippen molar-refractivity contribution in [3.05, 3.63) is 49.1 Å². The average molecular weight is 409 g/mol. The molecule has 1 aromatic carbocycles. The second kappa shape index (κ2) is 9.13. The molecular formula is C17H19N3O7S. The lowest BCUT2D eigenvalue weighted by Crippen LogP contribution is -2.30. The molecule has 0 aliphatic rings. The number of ether oxygens (including phenoxy) is 2. The summed E-state index contributed by atoms with van der Waals surface area (Å²) in [5, 5.41) is 15.0. The van der Waals surface area contributed by atoms with Crippen LogP contribution in [0.15, 0.2) is 28.4 Å². The Balaban J connectivity index is 1.97. The molecule has 11 heteroatoms. The van der Waals surface area contributed by atoms with Crippen LogP contribution >= 0.6 is 11.3 Å². The maximum absolute atomic E-state index is 12.3. The maximum Gasteiger partial charge on any atom is 0.308 e. The van der Waals surface area contributed by atoms with Gasteiger partial charge in [0, 0.05) is 29.8 Å². The van der Waals surface area contributed by atoms with Gasteiger partial charge in [0.2, 0.25) is 0 Å². The number of rotatable bonds is 8. The topological polar surface area (TPSA) is 130 Å². The first-order chi connectivity index (χ1) is 13.2. The van der Waals surface area contributed by atoms with Gasteiger partial charge in [-0.1, -0.05) is 11.3 Å². The van der Waals surface area contributed by atoms with Crippen molar-refractivity contribution < 1.29 is 24.0 Å². The number of methoxy groups -OCH3 is 1. The zero-order valence-electron chi connectivity index (χ0n) is 15.5. The van der Waals surface area contributed by atoms with Crippen LogP contribution in [-0.4, -0.2) is 34.6 Å². The normalized spacial score (nSPS) is 11.5. The van der Waals surface area contributed by atoms with Gasteiger partial charge in [-0.3, -0.25) is 24.5 Å². The molecule has 0 spiro atoms. The second-order valence-electron chi connectivity index (χ2n) is 5.81. The summed E-state index contributed by atoms with van der Waals surface area (Å²) in [7, 11) is 1.36. The van der Waals surface area contributed by atoms with E-state index in [-0.39, 0.29) is 35.0 Å². The lowest BCUT2D eigenvalue weighted by atomic mass is 10.2. The molecule has 1 heterocycles. The number of nitrogens with one attached hydrogen (secondary N) is 1. The molecule has 2 rings (SSSR count). The highest BCUT2D eigenvalue weighted by Gasteiger charge is 2.21. The van der Waals surface area contributed by atoms with Crippen molar-refractivity contribution in [2.24, 2.45) is 0 Å². The van der Waals surface area contributed by atoms with E-state index >= 15 is 0 Å². The lowest BCUT2D eigenvalue weighted by Gasteiger charge is -2.15. The molecule has 0 saturated heterocycles. The number of hydrogen-bond donors (Lipinski definition) is 1. The number of aromatic nitrogens is 1. The van der Waals surface area contributed by atoms with E-state index in [1.165, 1.54) is 30.7 Å². The van der Waals surface area contributed by atoms with E-state index in [9.17, 15) is 24.5 Å². The number of esters is 1. The van der Waals surface area contributed by atoms with Crippen LogP contribution in [-0.2, 0) is 20.9 Å². The number of benzene rings is 1. The molecule has 1 amide bonds. The highest BCUT2D eigenvalue weighted by molar-refractivity contribution is 7.07. The van der Waals surface area contributed by atoms with E-state index < -0.39 is 22.9 Å². The molecule has 10 nitrogen and oxygen atoms in total. The van der Waals surface area contributed by atoms with Gasteiger partial charge in [0.25, 0.3) is 11.6 Å². The Kier molecular flexibility index (Phi) is 6.88. The van der Waals surface area contributed by atoms with Crippen molar-refractivity contribution in [3.63, 3.8) is 0 Å². The first-order valence-electron chi connectivity index (χ1n) is 8.20. The molecule has 1 aromatic heterocycles. The van der Waals surface area contributed by atoms with E-state index in [2.05, 4.69) is 5.32 Å². The molecule has 0 fully saturated rings. The number of nitrogens with zero attached hydrogens (tertiary/aromatic N) is 2. The molecule has 1 atom stereocenters. The zero-order valence-corrected chi connectivity index (χ0v) is 16.3. The number of thiazole rings is 1. The van der Waals surface area contributed by atoms with Gasteiger partial charge in [-0.25, -0.2) is 0 Å². The number of nitro groups is 1. The van der Waals surface area contributed by atoms with Gasteiger partial charge in [-0.2, -0.15) is 0 Å². The molecular weight excluding hydrogens is 390 g/mol. The van der Waals surface area contributed by atoms with E-state index in [0.29, 0.717) is 0 Å². The fourth-order valence-corrected chi connectivity index (χ4v) is 3.09. The van der Waals surface area contributed by atoms with Crippen molar-refractivity contribution in [1.82, 2.24) is 4.57 Å². The van der Waals surface area contributed by atoms with E-state index in [4.69, 9.17) is 9.47 Å². The fraction of sp³-hybridized carbons (Fsp3) is 0.353. The summed E-state index contributed by atoms with van der Waals surface area (Å²) in [6.45, 7) is 3.28. The Morgan fingerprint density at radius 3 is 2.68 bits per heavy atom. The van der Waals surface area contributed by atoms with Gasteiger partial charge in [0.1, 0.15) is 5.75 Å². The molecule has 0 bridgehead atoms. The summed E-state index contributed by atoms with van der Waals surface area (Å²) in [6, 6.07) is 3.74. The van der Waals surface area contributed by atoms with Crippen LogP contribution in [0.4, 0.5) is 11.4 Å². The SMILES string of the molecule is COc1ccc([N+](=O)[O-])cc1NC(=O)C(C)OC(=O)CCn1c(C)csc1=O. The lowest BCUT2D eigenvalue weighted by molar-refractivity contribution is -0.384. The molecule has 1 unspecified atom stereocenters. The van der Waals surface area contributed by atoms with Crippen LogP contribution in [0.2, 0.25) is 0 Å². The number of anilines is 1. The van der Waals surface area contributed by atoms with E-state index in [0.717, 1.165) is 23.1 Å². The highest BCUT2D eigenvalue weighted by atomic mass is 32.1. The Morgan fingerprint density at radius 2 is 2.11 bits per heavy atom. The van der Waals surface area contributed by atoms with Crippen molar-refractivity contribution in [2.45, 2.75) is 32.9 Å². The van der Waals surface area contributed by atoms with Crippen molar-refractivity contribution in [1.29, 1.82) is 0 Å². The first kappa shape index (κ1) is 21.1. The van der Waals surface area contributed by atoms with Gasteiger partial charge >= 0.3 is 10.8 Å². The highest BCUT2D eigenvalue weighted by Crippen LogP contribution is 2.29. The first-order valence-corrected chi connectivity index (χ1v) is 9.08. The molecule has 150 valence electrons. The summed E-state index contributed by atoms with van der Waals surface area (Å²) in [5.74, 6) is -1.09. The van der Waals surface area contributed by atoms with Crippen LogP contribution < -0.4 is 14.9 Å². The van der Waals surface area contributed by atoms with Gasteiger partial charge < -0.3 is 19.4 Å². The minimum absolute atomic E-state index is 0.0742. The summed E-state index contributed by atoms with van der Waals surface area (Å²) in [6.07, 6.45) is -1.22. The predicted octanol–water partition coefficient (Wildman–Crippen LogP) is 2.10. The molecule has 1 N–H and O–H groups in total. The third-order valence-electron chi connectivity index (χ3n) is 3.85. The van der Waals surface area contributed by atoms with Crippen LogP contribution in [0.25, 0.3) is 0 Å². The smallest absolute Gasteiger partial charge is 0.308 e. The molecule has 0 saturated carbocycles. The van der Waals surface area contributed by atoms with Crippen LogP contribution in [0.3, 0.4) is 0 Å². The number of amides is 1. The van der Waals surface area contributed by atoms with Gasteiger partial charge in [0.15, 0.2) is 6.10 Å². The third-order valence-corrected chi connectivity index (χ3v) is 4.73. The molecule has 0 aliphatic carbocycles. The Bertz CT molecular complexity index is 950. The maximum atomic E-state index is 12.3. The third kappa shape index (κ3) is 5.16. The van der Waals surface area contributed by atoms with Crippen LogP contribution in [0.5, 0.6) is 5.75 Å². The number of aryl methyl sites for hydroxylation is 1. The Labute approximate surface area is 163 Å². The van der Waals surface area contributed by atoms with Crippen molar-refractivity contribution in [2.75, 3.05) is 12.4 Å². The largest absolute Gasteiger partial charge is 0.495 e. The van der Waals surface area contributed by atoms with Crippen molar-refractivity contribution >= 4 is 34.6 Å². The quantitative estimate of drug-likeness (QED) is 0.401. The number of carbonyl (C=O) groups excluding carboxylic acids is 2. The number of carbonyl (C=O) groups is 2. The Hall–Kier alpha value is -3.21. The second-order valence-corrected chi connectivity index (χ2v) is 6.63. The predicted molar refractivity (Wildman–Crippen MR) is 102 cm³/mol. The molecule has 0 radical (unpaired) electrons. The summed E-state index contributed by atoms with van der Waals surface area (Å²) in [5.41, 5.74) is 0.605. The van der Waals surface area contributed by atoms with Gasteiger partial charge in [-0.15, -0.1) is 0 Å².